The van der Waals surface area contributed by atoms with Crippen LogP contribution in [0.2, 0.25) is 0 Å². The Morgan fingerprint density at radius 2 is 2.11 bits per heavy atom. The summed E-state index contributed by atoms with van der Waals surface area (Å²) in [4.78, 5) is 20.9. The fourth-order valence-electron chi connectivity index (χ4n) is 4.83. The van der Waals surface area contributed by atoms with Crippen LogP contribution in [0, 0.1) is 11.7 Å². The molecule has 5 nitrogen and oxygen atoms in total. The molecule has 0 radical (unpaired) electrons. The number of amides is 1. The highest BCUT2D eigenvalue weighted by molar-refractivity contribution is 5.94. The Bertz CT molecular complexity index is 870. The second-order valence-corrected chi connectivity index (χ2v) is 8.17. The molecule has 0 aliphatic carbocycles. The van der Waals surface area contributed by atoms with E-state index in [1.54, 1.807) is 12.1 Å². The second kappa shape index (κ2) is 6.51. The minimum absolute atomic E-state index is 0.00462. The third-order valence-corrected chi connectivity index (χ3v) is 5.78. The molecule has 6 heteroatoms. The van der Waals surface area contributed by atoms with Crippen molar-refractivity contribution < 1.29 is 14.3 Å². The third kappa shape index (κ3) is 3.24. The molecule has 3 heterocycles. The first kappa shape index (κ1) is 17.8. The molecule has 1 N–H and O–H groups in total. The Morgan fingerprint density at radius 1 is 1.30 bits per heavy atom. The Hall–Kier alpha value is -2.63. The highest BCUT2D eigenvalue weighted by Gasteiger charge is 2.48. The Labute approximate surface area is 158 Å². The maximum absolute atomic E-state index is 13.8. The molecule has 1 aromatic heterocycles. The molecule has 2 saturated heterocycles. The lowest BCUT2D eigenvalue weighted by molar-refractivity contribution is 0.0666. The van der Waals surface area contributed by atoms with Crippen LogP contribution < -0.4 is 4.90 Å². The van der Waals surface area contributed by atoms with Gasteiger partial charge in [0.2, 0.25) is 0 Å². The minimum atomic E-state index is -0.226. The van der Waals surface area contributed by atoms with E-state index in [9.17, 15) is 14.3 Å². The standard InChI is InChI=1S/C21H24FN3O2/c1-21(2)10-15-13-24(20(27)14-8-18(26)12-23-11-14)7-6-19(15)25(21)17-5-3-4-16(22)9-17/h3-5,8-9,11-12,15,19,26H,6-7,10,13H2,1-2H3/t15-,19+/m1/s1. The quantitative estimate of drug-likeness (QED) is 0.881. The molecule has 2 aliphatic rings. The van der Waals surface area contributed by atoms with E-state index in [2.05, 4.69) is 23.7 Å². The first-order chi connectivity index (χ1) is 12.8. The van der Waals surface area contributed by atoms with Crippen molar-refractivity contribution in [2.24, 2.45) is 5.92 Å². The van der Waals surface area contributed by atoms with Crippen molar-refractivity contribution in [2.45, 2.75) is 38.3 Å². The number of rotatable bonds is 2. The lowest BCUT2D eigenvalue weighted by Gasteiger charge is -2.41. The number of fused-ring (bicyclic) bond motifs is 1. The molecule has 4 rings (SSSR count). The molecule has 27 heavy (non-hydrogen) atoms. The summed E-state index contributed by atoms with van der Waals surface area (Å²) in [6.45, 7) is 5.66. The summed E-state index contributed by atoms with van der Waals surface area (Å²) >= 11 is 0. The number of hydrogen-bond donors (Lipinski definition) is 1. The molecule has 0 saturated carbocycles. The van der Waals surface area contributed by atoms with E-state index in [0.29, 0.717) is 24.6 Å². The van der Waals surface area contributed by atoms with Crippen LogP contribution in [0.3, 0.4) is 0 Å². The smallest absolute Gasteiger partial charge is 0.255 e. The highest BCUT2D eigenvalue weighted by Crippen LogP contribution is 2.44. The van der Waals surface area contributed by atoms with Gasteiger partial charge in [-0.25, -0.2) is 4.39 Å². The lowest BCUT2D eigenvalue weighted by Crippen LogP contribution is -2.50. The summed E-state index contributed by atoms with van der Waals surface area (Å²) in [5.74, 6) is -0.00383. The zero-order valence-electron chi connectivity index (χ0n) is 15.6. The molecule has 0 bridgehead atoms. The average molecular weight is 369 g/mol. The number of aromatic hydroxyl groups is 1. The third-order valence-electron chi connectivity index (χ3n) is 5.78. The van der Waals surface area contributed by atoms with E-state index in [-0.39, 0.29) is 29.1 Å². The number of pyridine rings is 1. The molecule has 0 spiro atoms. The summed E-state index contributed by atoms with van der Waals surface area (Å²) in [5, 5.41) is 9.59. The molecular weight excluding hydrogens is 345 g/mol. The number of hydrogen-bond acceptors (Lipinski definition) is 4. The maximum Gasteiger partial charge on any atom is 0.255 e. The van der Waals surface area contributed by atoms with Gasteiger partial charge in [-0.1, -0.05) is 6.07 Å². The number of halogens is 1. The van der Waals surface area contributed by atoms with Gasteiger partial charge in [-0.05, 0) is 56.9 Å². The van der Waals surface area contributed by atoms with Gasteiger partial charge >= 0.3 is 0 Å². The van der Waals surface area contributed by atoms with Gasteiger partial charge in [-0.2, -0.15) is 0 Å². The molecule has 2 aliphatic heterocycles. The minimum Gasteiger partial charge on any atom is -0.506 e. The molecule has 2 fully saturated rings. The van der Waals surface area contributed by atoms with Crippen LogP contribution in [0.25, 0.3) is 0 Å². The van der Waals surface area contributed by atoms with Crippen LogP contribution in [0.1, 0.15) is 37.0 Å². The van der Waals surface area contributed by atoms with E-state index in [0.717, 1.165) is 18.5 Å². The predicted molar refractivity (Wildman–Crippen MR) is 101 cm³/mol. The summed E-state index contributed by atoms with van der Waals surface area (Å²) in [5.41, 5.74) is 1.21. The predicted octanol–water partition coefficient (Wildman–Crippen LogP) is 3.45. The number of piperidine rings is 1. The number of carbonyl (C=O) groups is 1. The van der Waals surface area contributed by atoms with E-state index < -0.39 is 0 Å². The van der Waals surface area contributed by atoms with E-state index in [1.165, 1.54) is 24.5 Å². The zero-order valence-corrected chi connectivity index (χ0v) is 15.6. The van der Waals surface area contributed by atoms with Gasteiger partial charge in [0.1, 0.15) is 11.6 Å². The van der Waals surface area contributed by atoms with Crippen molar-refractivity contribution in [1.29, 1.82) is 0 Å². The lowest BCUT2D eigenvalue weighted by atomic mass is 9.89. The molecule has 0 unspecified atom stereocenters. The van der Waals surface area contributed by atoms with Crippen LogP contribution >= 0.6 is 0 Å². The summed E-state index contributed by atoms with van der Waals surface area (Å²) in [7, 11) is 0. The molecule has 1 aromatic carbocycles. The fourth-order valence-corrected chi connectivity index (χ4v) is 4.83. The normalized spacial score (nSPS) is 24.0. The Kier molecular flexibility index (Phi) is 4.29. The van der Waals surface area contributed by atoms with E-state index >= 15 is 0 Å². The highest BCUT2D eigenvalue weighted by atomic mass is 19.1. The van der Waals surface area contributed by atoms with Gasteiger partial charge < -0.3 is 14.9 Å². The Morgan fingerprint density at radius 3 is 2.85 bits per heavy atom. The Balaban J connectivity index is 1.55. The average Bonchev–Trinajstić information content (AvgIpc) is 2.89. The fraction of sp³-hybridized carbons (Fsp3) is 0.429. The van der Waals surface area contributed by atoms with Gasteiger partial charge in [0, 0.05) is 36.6 Å². The summed E-state index contributed by atoms with van der Waals surface area (Å²) < 4.78 is 13.8. The molecule has 142 valence electrons. The molecule has 2 atom stereocenters. The van der Waals surface area contributed by atoms with Crippen molar-refractivity contribution in [2.75, 3.05) is 18.0 Å². The molecule has 2 aromatic rings. The topological polar surface area (TPSA) is 56.7 Å². The number of likely N-dealkylation sites (tertiary alicyclic amines) is 1. The SMILES string of the molecule is CC1(C)C[C@@H]2CN(C(=O)c3cncc(O)c3)CC[C@@H]2N1c1cccc(F)c1. The van der Waals surface area contributed by atoms with Gasteiger partial charge in [-0.3, -0.25) is 9.78 Å². The zero-order chi connectivity index (χ0) is 19.2. The van der Waals surface area contributed by atoms with Gasteiger partial charge in [0.15, 0.2) is 0 Å². The van der Waals surface area contributed by atoms with Gasteiger partial charge in [-0.15, -0.1) is 0 Å². The number of benzene rings is 1. The van der Waals surface area contributed by atoms with Crippen LogP contribution in [-0.4, -0.2) is 45.6 Å². The first-order valence-corrected chi connectivity index (χ1v) is 9.33. The van der Waals surface area contributed by atoms with Crippen molar-refractivity contribution in [3.05, 3.63) is 54.1 Å². The van der Waals surface area contributed by atoms with Crippen molar-refractivity contribution >= 4 is 11.6 Å². The number of aromatic nitrogens is 1. The number of carbonyl (C=O) groups excluding carboxylic acids is 1. The summed E-state index contributed by atoms with van der Waals surface area (Å²) in [6, 6.07) is 8.52. The first-order valence-electron chi connectivity index (χ1n) is 9.33. The largest absolute Gasteiger partial charge is 0.506 e. The number of nitrogens with zero attached hydrogens (tertiary/aromatic N) is 3. The second-order valence-electron chi connectivity index (χ2n) is 8.17. The van der Waals surface area contributed by atoms with Crippen LogP contribution in [0.15, 0.2) is 42.7 Å². The van der Waals surface area contributed by atoms with E-state index in [1.807, 2.05) is 11.0 Å². The van der Waals surface area contributed by atoms with Gasteiger partial charge in [0.25, 0.3) is 5.91 Å². The summed E-state index contributed by atoms with van der Waals surface area (Å²) in [6.07, 6.45) is 4.59. The van der Waals surface area contributed by atoms with E-state index in [4.69, 9.17) is 0 Å². The molecule has 1 amide bonds. The van der Waals surface area contributed by atoms with Crippen LogP contribution in [0.5, 0.6) is 5.75 Å². The molecular formula is C21H24FN3O2. The number of anilines is 1. The van der Waals surface area contributed by atoms with Crippen molar-refractivity contribution in [3.8, 4) is 5.75 Å². The maximum atomic E-state index is 13.8. The van der Waals surface area contributed by atoms with Crippen LogP contribution in [-0.2, 0) is 0 Å². The van der Waals surface area contributed by atoms with Gasteiger partial charge in [0.05, 0.1) is 11.8 Å². The van der Waals surface area contributed by atoms with Crippen molar-refractivity contribution in [3.63, 3.8) is 0 Å². The van der Waals surface area contributed by atoms with Crippen molar-refractivity contribution in [1.82, 2.24) is 9.88 Å². The van der Waals surface area contributed by atoms with Crippen LogP contribution in [0.4, 0.5) is 10.1 Å². The monoisotopic (exact) mass is 369 g/mol.